The maximum absolute atomic E-state index is 9.20. The number of rotatable bonds is 2. The van der Waals surface area contributed by atoms with Crippen LogP contribution < -0.4 is 0 Å². The molecule has 90 valence electrons. The minimum Gasteiger partial charge on any atom is -0.381 e. The molecular weight excluding hydrogens is 218 g/mol. The van der Waals surface area contributed by atoms with Gasteiger partial charge in [-0.25, -0.2) is 4.98 Å². The van der Waals surface area contributed by atoms with Crippen LogP contribution in [0.5, 0.6) is 0 Å². The molecule has 17 heavy (non-hydrogen) atoms. The largest absolute Gasteiger partial charge is 0.381 e. The van der Waals surface area contributed by atoms with Crippen molar-refractivity contribution in [3.05, 3.63) is 17.7 Å². The van der Waals surface area contributed by atoms with Crippen LogP contribution in [0.15, 0.2) is 6.20 Å². The Morgan fingerprint density at radius 2 is 2.12 bits per heavy atom. The smallest absolute Gasteiger partial charge is 0.161 e. The molecule has 0 amide bonds. The Labute approximate surface area is 99.8 Å². The van der Waals surface area contributed by atoms with E-state index in [-0.39, 0.29) is 0 Å². The number of ether oxygens (including phenoxy) is 2. The van der Waals surface area contributed by atoms with E-state index in [9.17, 15) is 5.26 Å². The molecule has 1 aromatic heterocycles. The average Bonchev–Trinajstić information content (AvgIpc) is 2.80. The third kappa shape index (κ3) is 1.74. The number of nitrogens with one attached hydrogen (secondary N) is 1. The topological polar surface area (TPSA) is 70.9 Å². The zero-order valence-corrected chi connectivity index (χ0v) is 9.61. The van der Waals surface area contributed by atoms with E-state index in [2.05, 4.69) is 16.0 Å². The van der Waals surface area contributed by atoms with Crippen molar-refractivity contribution in [1.82, 2.24) is 9.97 Å². The van der Waals surface area contributed by atoms with Crippen molar-refractivity contribution in [3.8, 4) is 6.07 Å². The second-order valence-electron chi connectivity index (χ2n) is 4.76. The quantitative estimate of drug-likeness (QED) is 0.830. The van der Waals surface area contributed by atoms with Gasteiger partial charge in [-0.2, -0.15) is 5.26 Å². The standard InChI is InChI=1S/C12H15N3O2/c13-6-12(7-17-8-12)11-14-5-10(15-11)9-1-3-16-4-2-9/h5,9H,1-4,7-8H2,(H,14,15). The summed E-state index contributed by atoms with van der Waals surface area (Å²) in [6, 6.07) is 2.30. The van der Waals surface area contributed by atoms with E-state index in [0.29, 0.717) is 19.1 Å². The maximum Gasteiger partial charge on any atom is 0.161 e. The van der Waals surface area contributed by atoms with Gasteiger partial charge in [-0.15, -0.1) is 0 Å². The molecule has 0 bridgehead atoms. The van der Waals surface area contributed by atoms with Crippen molar-refractivity contribution in [2.24, 2.45) is 0 Å². The third-order valence-electron chi connectivity index (χ3n) is 3.62. The zero-order valence-electron chi connectivity index (χ0n) is 9.61. The molecule has 5 nitrogen and oxygen atoms in total. The van der Waals surface area contributed by atoms with Crippen LogP contribution in [0.4, 0.5) is 0 Å². The molecule has 2 aliphatic heterocycles. The summed E-state index contributed by atoms with van der Waals surface area (Å²) in [6.45, 7) is 2.52. The fraction of sp³-hybridized carbons (Fsp3) is 0.667. The van der Waals surface area contributed by atoms with E-state index < -0.39 is 5.41 Å². The van der Waals surface area contributed by atoms with Crippen LogP contribution in [0.1, 0.15) is 30.3 Å². The Hall–Kier alpha value is -1.38. The zero-order chi connectivity index (χ0) is 11.7. The monoisotopic (exact) mass is 233 g/mol. The summed E-state index contributed by atoms with van der Waals surface area (Å²) in [4.78, 5) is 7.66. The van der Waals surface area contributed by atoms with Crippen LogP contribution in [-0.4, -0.2) is 36.4 Å². The van der Waals surface area contributed by atoms with Crippen molar-refractivity contribution < 1.29 is 9.47 Å². The number of H-pyrrole nitrogens is 1. The summed E-state index contributed by atoms with van der Waals surface area (Å²) in [5.41, 5.74) is 0.591. The van der Waals surface area contributed by atoms with E-state index >= 15 is 0 Å². The lowest BCUT2D eigenvalue weighted by Gasteiger charge is -2.33. The third-order valence-corrected chi connectivity index (χ3v) is 3.62. The number of aromatic amines is 1. The minimum absolute atomic E-state index is 0.449. The SMILES string of the molecule is N#CC1(c2ncc(C3CCOCC3)[nH]2)COC1. The summed E-state index contributed by atoms with van der Waals surface area (Å²) in [7, 11) is 0. The van der Waals surface area contributed by atoms with Crippen LogP contribution in [0.3, 0.4) is 0 Å². The summed E-state index contributed by atoms with van der Waals surface area (Å²) in [5, 5.41) is 9.20. The Morgan fingerprint density at radius 1 is 1.35 bits per heavy atom. The molecule has 1 aromatic rings. The Balaban J connectivity index is 1.80. The van der Waals surface area contributed by atoms with Gasteiger partial charge in [-0.05, 0) is 12.8 Å². The van der Waals surface area contributed by atoms with Gasteiger partial charge in [-0.1, -0.05) is 0 Å². The first-order valence-corrected chi connectivity index (χ1v) is 5.96. The molecule has 5 heteroatoms. The predicted octanol–water partition coefficient (Wildman–Crippen LogP) is 1.10. The predicted molar refractivity (Wildman–Crippen MR) is 59.5 cm³/mol. The molecule has 2 fully saturated rings. The van der Waals surface area contributed by atoms with Gasteiger partial charge in [0.15, 0.2) is 5.41 Å². The van der Waals surface area contributed by atoms with Gasteiger partial charge >= 0.3 is 0 Å². The fourth-order valence-electron chi connectivity index (χ4n) is 2.36. The van der Waals surface area contributed by atoms with Crippen LogP contribution in [0.2, 0.25) is 0 Å². The van der Waals surface area contributed by atoms with E-state index in [1.165, 1.54) is 0 Å². The first kappa shape index (κ1) is 10.8. The van der Waals surface area contributed by atoms with Gasteiger partial charge in [-0.3, -0.25) is 0 Å². The second kappa shape index (κ2) is 4.13. The molecule has 0 spiro atoms. The van der Waals surface area contributed by atoms with Crippen molar-refractivity contribution in [3.63, 3.8) is 0 Å². The highest BCUT2D eigenvalue weighted by atomic mass is 16.5. The number of hydrogen-bond donors (Lipinski definition) is 1. The van der Waals surface area contributed by atoms with Crippen molar-refractivity contribution in [2.75, 3.05) is 26.4 Å². The first-order chi connectivity index (χ1) is 8.34. The highest BCUT2D eigenvalue weighted by Crippen LogP contribution is 2.32. The lowest BCUT2D eigenvalue weighted by atomic mass is 9.87. The second-order valence-corrected chi connectivity index (χ2v) is 4.76. The molecular formula is C12H15N3O2. The van der Waals surface area contributed by atoms with Crippen molar-refractivity contribution in [2.45, 2.75) is 24.2 Å². The van der Waals surface area contributed by atoms with E-state index in [1.54, 1.807) is 0 Å². The number of imidazole rings is 1. The summed E-state index contributed by atoms with van der Waals surface area (Å²) >= 11 is 0. The Bertz CT molecular complexity index is 439. The molecule has 2 saturated heterocycles. The van der Waals surface area contributed by atoms with Gasteiger partial charge in [0.1, 0.15) is 5.82 Å². The normalized spacial score (nSPS) is 23.9. The van der Waals surface area contributed by atoms with Crippen LogP contribution in [0.25, 0.3) is 0 Å². The number of nitriles is 1. The lowest BCUT2D eigenvalue weighted by Crippen LogP contribution is -2.46. The Morgan fingerprint density at radius 3 is 2.71 bits per heavy atom. The highest BCUT2D eigenvalue weighted by molar-refractivity contribution is 5.26. The van der Waals surface area contributed by atoms with E-state index in [4.69, 9.17) is 9.47 Å². The minimum atomic E-state index is -0.538. The number of nitrogens with zero attached hydrogens (tertiary/aromatic N) is 2. The average molecular weight is 233 g/mol. The van der Waals surface area contributed by atoms with Gasteiger partial charge in [0.2, 0.25) is 0 Å². The highest BCUT2D eigenvalue weighted by Gasteiger charge is 2.43. The van der Waals surface area contributed by atoms with E-state index in [1.807, 2.05) is 6.20 Å². The van der Waals surface area contributed by atoms with Gasteiger partial charge in [0, 0.05) is 31.0 Å². The first-order valence-electron chi connectivity index (χ1n) is 5.96. The number of aromatic nitrogens is 2. The van der Waals surface area contributed by atoms with Crippen LogP contribution in [-0.2, 0) is 14.9 Å². The van der Waals surface area contributed by atoms with Crippen LogP contribution >= 0.6 is 0 Å². The molecule has 0 saturated carbocycles. The summed E-state index contributed by atoms with van der Waals surface area (Å²) < 4.78 is 10.5. The molecule has 0 aromatic carbocycles. The fourth-order valence-corrected chi connectivity index (χ4v) is 2.36. The molecule has 0 unspecified atom stereocenters. The molecule has 3 rings (SSSR count). The van der Waals surface area contributed by atoms with Crippen molar-refractivity contribution >= 4 is 0 Å². The summed E-state index contributed by atoms with van der Waals surface area (Å²) in [5.74, 6) is 1.24. The Kier molecular flexibility index (Phi) is 2.61. The van der Waals surface area contributed by atoms with E-state index in [0.717, 1.165) is 37.6 Å². The molecule has 0 aliphatic carbocycles. The molecule has 0 atom stereocenters. The van der Waals surface area contributed by atoms with Crippen molar-refractivity contribution in [1.29, 1.82) is 5.26 Å². The van der Waals surface area contributed by atoms with Gasteiger partial charge < -0.3 is 14.5 Å². The van der Waals surface area contributed by atoms with Gasteiger partial charge in [0.05, 0.1) is 19.3 Å². The maximum atomic E-state index is 9.20. The molecule has 0 radical (unpaired) electrons. The molecule has 3 heterocycles. The molecule has 2 aliphatic rings. The van der Waals surface area contributed by atoms with Gasteiger partial charge in [0.25, 0.3) is 0 Å². The van der Waals surface area contributed by atoms with Crippen LogP contribution in [0, 0.1) is 11.3 Å². The number of hydrogen-bond acceptors (Lipinski definition) is 4. The summed E-state index contributed by atoms with van der Waals surface area (Å²) in [6.07, 6.45) is 3.91. The molecule has 1 N–H and O–H groups in total. The lowest BCUT2D eigenvalue weighted by molar-refractivity contribution is -0.0336.